The third-order valence-corrected chi connectivity index (χ3v) is 2.35. The van der Waals surface area contributed by atoms with Gasteiger partial charge < -0.3 is 10.1 Å². The number of nitrogens with one attached hydrogen (secondary N) is 1. The molecule has 0 aliphatic carbocycles. The van der Waals surface area contributed by atoms with Crippen LogP contribution in [0.3, 0.4) is 0 Å². The molecular weight excluding hydrogens is 210 g/mol. The van der Waals surface area contributed by atoms with Crippen molar-refractivity contribution in [3.63, 3.8) is 0 Å². The van der Waals surface area contributed by atoms with Crippen LogP contribution in [0.5, 0.6) is 5.75 Å². The minimum atomic E-state index is -0.0760. The summed E-state index contributed by atoms with van der Waals surface area (Å²) in [5, 5.41) is 2.77. The Morgan fingerprint density at radius 1 is 1.40 bits per heavy atom. The van der Waals surface area contributed by atoms with Gasteiger partial charge in [-0.2, -0.15) is 11.8 Å². The monoisotopic (exact) mass is 225 g/mol. The van der Waals surface area contributed by atoms with E-state index in [-0.39, 0.29) is 12.5 Å². The Morgan fingerprint density at radius 2 is 2.13 bits per heavy atom. The second-order valence-electron chi connectivity index (χ2n) is 2.94. The van der Waals surface area contributed by atoms with Crippen molar-refractivity contribution in [2.75, 3.05) is 25.2 Å². The number of benzene rings is 1. The highest BCUT2D eigenvalue weighted by Gasteiger charge is 2.00. The number of rotatable bonds is 6. The van der Waals surface area contributed by atoms with E-state index in [2.05, 4.69) is 5.32 Å². The quantitative estimate of drug-likeness (QED) is 0.746. The van der Waals surface area contributed by atoms with Gasteiger partial charge in [-0.1, -0.05) is 18.2 Å². The van der Waals surface area contributed by atoms with E-state index in [9.17, 15) is 4.79 Å². The highest BCUT2D eigenvalue weighted by Crippen LogP contribution is 2.07. The van der Waals surface area contributed by atoms with Gasteiger partial charge in [-0.15, -0.1) is 0 Å². The van der Waals surface area contributed by atoms with Gasteiger partial charge in [0, 0.05) is 12.3 Å². The number of para-hydroxylation sites is 1. The molecule has 0 saturated carbocycles. The van der Waals surface area contributed by atoms with E-state index in [4.69, 9.17) is 4.74 Å². The molecule has 1 N–H and O–H groups in total. The van der Waals surface area contributed by atoms with Crippen molar-refractivity contribution in [1.29, 1.82) is 0 Å². The first-order chi connectivity index (χ1) is 7.33. The molecule has 0 aromatic heterocycles. The third kappa shape index (κ3) is 5.32. The van der Waals surface area contributed by atoms with Crippen LogP contribution in [0.2, 0.25) is 0 Å². The van der Waals surface area contributed by atoms with Gasteiger partial charge in [0.15, 0.2) is 6.61 Å². The summed E-state index contributed by atoms with van der Waals surface area (Å²) < 4.78 is 5.28. The zero-order chi connectivity index (χ0) is 10.9. The highest BCUT2D eigenvalue weighted by atomic mass is 32.2. The molecule has 1 rings (SSSR count). The lowest BCUT2D eigenvalue weighted by atomic mass is 10.3. The summed E-state index contributed by atoms with van der Waals surface area (Å²) in [6.45, 7) is 0.774. The zero-order valence-corrected chi connectivity index (χ0v) is 9.55. The SMILES string of the molecule is CSCCNC(=O)COc1ccccc1. The maximum atomic E-state index is 11.2. The second kappa shape index (κ2) is 7.17. The van der Waals surface area contributed by atoms with E-state index in [0.29, 0.717) is 6.54 Å². The van der Waals surface area contributed by atoms with Crippen LogP contribution >= 0.6 is 11.8 Å². The molecule has 15 heavy (non-hydrogen) atoms. The van der Waals surface area contributed by atoms with Crippen molar-refractivity contribution in [3.05, 3.63) is 30.3 Å². The summed E-state index contributed by atoms with van der Waals surface area (Å²) in [7, 11) is 0. The number of carbonyl (C=O) groups is 1. The van der Waals surface area contributed by atoms with Crippen molar-refractivity contribution >= 4 is 17.7 Å². The molecule has 0 atom stereocenters. The molecule has 0 bridgehead atoms. The lowest BCUT2D eigenvalue weighted by Crippen LogP contribution is -2.30. The van der Waals surface area contributed by atoms with E-state index >= 15 is 0 Å². The summed E-state index contributed by atoms with van der Waals surface area (Å²) in [4.78, 5) is 11.2. The Labute approximate surface area is 94.2 Å². The topological polar surface area (TPSA) is 38.3 Å². The summed E-state index contributed by atoms with van der Waals surface area (Å²) in [5.74, 6) is 1.57. The second-order valence-corrected chi connectivity index (χ2v) is 3.93. The predicted molar refractivity (Wildman–Crippen MR) is 63.3 cm³/mol. The molecule has 1 amide bonds. The summed E-state index contributed by atoms with van der Waals surface area (Å²) >= 11 is 1.70. The summed E-state index contributed by atoms with van der Waals surface area (Å²) in [6.07, 6.45) is 2.01. The van der Waals surface area contributed by atoms with E-state index < -0.39 is 0 Å². The van der Waals surface area contributed by atoms with E-state index in [1.807, 2.05) is 36.6 Å². The third-order valence-electron chi connectivity index (χ3n) is 1.74. The normalized spacial score (nSPS) is 9.67. The van der Waals surface area contributed by atoms with E-state index in [1.54, 1.807) is 11.8 Å². The smallest absolute Gasteiger partial charge is 0.257 e. The van der Waals surface area contributed by atoms with Crippen molar-refractivity contribution < 1.29 is 9.53 Å². The van der Waals surface area contributed by atoms with Gasteiger partial charge in [-0.05, 0) is 18.4 Å². The molecule has 0 aliphatic heterocycles. The lowest BCUT2D eigenvalue weighted by molar-refractivity contribution is -0.122. The average Bonchev–Trinajstić information content (AvgIpc) is 2.28. The first-order valence-electron chi connectivity index (χ1n) is 4.76. The minimum Gasteiger partial charge on any atom is -0.484 e. The Morgan fingerprint density at radius 3 is 2.80 bits per heavy atom. The average molecular weight is 225 g/mol. The first-order valence-corrected chi connectivity index (χ1v) is 6.16. The van der Waals surface area contributed by atoms with Gasteiger partial charge in [0.1, 0.15) is 5.75 Å². The Hall–Kier alpha value is -1.16. The van der Waals surface area contributed by atoms with Crippen LogP contribution in [0.1, 0.15) is 0 Å². The van der Waals surface area contributed by atoms with Crippen molar-refractivity contribution in [1.82, 2.24) is 5.32 Å². The van der Waals surface area contributed by atoms with Gasteiger partial charge in [0.2, 0.25) is 0 Å². The van der Waals surface area contributed by atoms with Crippen LogP contribution < -0.4 is 10.1 Å². The summed E-state index contributed by atoms with van der Waals surface area (Å²) in [6, 6.07) is 9.32. The van der Waals surface area contributed by atoms with Crippen molar-refractivity contribution in [3.8, 4) is 5.75 Å². The molecular formula is C11H15NO2S. The van der Waals surface area contributed by atoms with Gasteiger partial charge in [-0.3, -0.25) is 4.79 Å². The molecule has 3 nitrogen and oxygen atoms in total. The van der Waals surface area contributed by atoms with Crippen molar-refractivity contribution in [2.24, 2.45) is 0 Å². The molecule has 82 valence electrons. The number of thioether (sulfide) groups is 1. The van der Waals surface area contributed by atoms with E-state index in [0.717, 1.165) is 11.5 Å². The van der Waals surface area contributed by atoms with E-state index in [1.165, 1.54) is 0 Å². The minimum absolute atomic E-state index is 0.0760. The zero-order valence-electron chi connectivity index (χ0n) is 8.73. The van der Waals surface area contributed by atoms with Crippen LogP contribution in [0.25, 0.3) is 0 Å². The first kappa shape index (κ1) is 11.9. The molecule has 1 aromatic rings. The van der Waals surface area contributed by atoms with Gasteiger partial charge in [0.25, 0.3) is 5.91 Å². The summed E-state index contributed by atoms with van der Waals surface area (Å²) in [5.41, 5.74) is 0. The van der Waals surface area contributed by atoms with Crippen LogP contribution in [0, 0.1) is 0 Å². The number of hydrogen-bond acceptors (Lipinski definition) is 3. The van der Waals surface area contributed by atoms with Crippen molar-refractivity contribution in [2.45, 2.75) is 0 Å². The fourth-order valence-electron chi connectivity index (χ4n) is 1.01. The molecule has 0 unspecified atom stereocenters. The van der Waals surface area contributed by atoms with Crippen LogP contribution in [0.4, 0.5) is 0 Å². The fourth-order valence-corrected chi connectivity index (χ4v) is 1.32. The standard InChI is InChI=1S/C11H15NO2S/c1-15-8-7-12-11(13)9-14-10-5-3-2-4-6-10/h2-6H,7-9H2,1H3,(H,12,13). The lowest BCUT2D eigenvalue weighted by Gasteiger charge is -2.06. The molecule has 4 heteroatoms. The molecule has 0 aliphatic rings. The molecule has 0 heterocycles. The Kier molecular flexibility index (Phi) is 5.70. The van der Waals surface area contributed by atoms with Crippen LogP contribution in [-0.2, 0) is 4.79 Å². The van der Waals surface area contributed by atoms with Gasteiger partial charge in [0.05, 0.1) is 0 Å². The Balaban J connectivity index is 2.17. The van der Waals surface area contributed by atoms with Crippen LogP contribution in [-0.4, -0.2) is 31.1 Å². The molecule has 0 saturated heterocycles. The molecule has 1 aromatic carbocycles. The highest BCUT2D eigenvalue weighted by molar-refractivity contribution is 7.98. The fraction of sp³-hybridized carbons (Fsp3) is 0.364. The number of amides is 1. The molecule has 0 fully saturated rings. The maximum absolute atomic E-state index is 11.2. The van der Waals surface area contributed by atoms with Crippen LogP contribution in [0.15, 0.2) is 30.3 Å². The Bertz CT molecular complexity index is 290. The molecule has 0 spiro atoms. The largest absolute Gasteiger partial charge is 0.484 e. The number of carbonyl (C=O) groups excluding carboxylic acids is 1. The number of ether oxygens (including phenoxy) is 1. The maximum Gasteiger partial charge on any atom is 0.257 e. The predicted octanol–water partition coefficient (Wildman–Crippen LogP) is 1.54. The van der Waals surface area contributed by atoms with Gasteiger partial charge in [-0.25, -0.2) is 0 Å². The number of hydrogen-bond donors (Lipinski definition) is 1. The van der Waals surface area contributed by atoms with Gasteiger partial charge >= 0.3 is 0 Å². The molecule has 0 radical (unpaired) electrons.